The van der Waals surface area contributed by atoms with Crippen LogP contribution in [0.2, 0.25) is 0 Å². The lowest BCUT2D eigenvalue weighted by molar-refractivity contribution is 0.574. The van der Waals surface area contributed by atoms with Gasteiger partial charge in [0.15, 0.2) is 0 Å². The minimum Gasteiger partial charge on any atom is -0.197 e. The van der Waals surface area contributed by atoms with Gasteiger partial charge in [-0.2, -0.15) is 13.5 Å². The molecule has 110 valence electrons. The molecule has 0 fully saturated rings. The predicted octanol–water partition coefficient (Wildman–Crippen LogP) is 6.12. The van der Waals surface area contributed by atoms with Crippen molar-refractivity contribution in [2.45, 2.75) is 46.0 Å². The van der Waals surface area contributed by atoms with E-state index in [1.54, 1.807) is 0 Å². The summed E-state index contributed by atoms with van der Waals surface area (Å²) < 4.78 is 0. The van der Waals surface area contributed by atoms with Gasteiger partial charge in [-0.15, -0.1) is 0 Å². The molecule has 0 aliphatic rings. The highest BCUT2D eigenvalue weighted by Crippen LogP contribution is 2.27. The molecule has 0 nitrogen and oxygen atoms in total. The summed E-state index contributed by atoms with van der Waals surface area (Å²) in [5.74, 6) is 1.30. The second-order valence-electron chi connectivity index (χ2n) is 5.20. The van der Waals surface area contributed by atoms with Crippen molar-refractivity contribution in [2.24, 2.45) is 0 Å². The molecular formula is C19H28S. The van der Waals surface area contributed by atoms with E-state index in [-0.39, 0.29) is 20.9 Å². The van der Waals surface area contributed by atoms with E-state index in [0.717, 1.165) is 0 Å². The van der Waals surface area contributed by atoms with Gasteiger partial charge >= 0.3 is 0 Å². The minimum absolute atomic E-state index is 0. The molecule has 0 radical (unpaired) electrons. The maximum Gasteiger partial charge on any atom is -0.0190 e. The molecule has 0 aliphatic heterocycles. The summed E-state index contributed by atoms with van der Waals surface area (Å²) in [6, 6.07) is 21.6. The van der Waals surface area contributed by atoms with Crippen molar-refractivity contribution in [3.63, 3.8) is 0 Å². The Bertz CT molecular complexity index is 404. The topological polar surface area (TPSA) is 0 Å². The number of benzene rings is 2. The molecule has 1 heteroatoms. The molecule has 2 rings (SSSR count). The standard InChI is InChI=1S/C18H22.CH4.H2S/c1-15(17-9-5-3-6-10-17)13-14-16(2)18-11-7-4-8-12-18;;/h3-12,15-16H,13-14H2,1-2H3;1H4;1H2. The minimum atomic E-state index is 0. The average molecular weight is 289 g/mol. The average Bonchev–Trinajstić information content (AvgIpc) is 2.46. The van der Waals surface area contributed by atoms with Gasteiger partial charge in [-0.1, -0.05) is 81.9 Å². The monoisotopic (exact) mass is 288 g/mol. The molecule has 0 spiro atoms. The van der Waals surface area contributed by atoms with E-state index >= 15 is 0 Å². The van der Waals surface area contributed by atoms with E-state index in [4.69, 9.17) is 0 Å². The lowest BCUT2D eigenvalue weighted by atomic mass is 9.89. The van der Waals surface area contributed by atoms with Crippen molar-refractivity contribution >= 4 is 13.5 Å². The fourth-order valence-electron chi connectivity index (χ4n) is 2.40. The second-order valence-corrected chi connectivity index (χ2v) is 5.20. The Hall–Kier alpha value is -1.21. The summed E-state index contributed by atoms with van der Waals surface area (Å²) in [5, 5.41) is 0. The quantitative estimate of drug-likeness (QED) is 0.621. The van der Waals surface area contributed by atoms with Crippen molar-refractivity contribution in [1.29, 1.82) is 0 Å². The molecule has 0 saturated heterocycles. The first-order chi connectivity index (χ1) is 8.77. The maximum absolute atomic E-state index is 2.33. The third-order valence-corrected chi connectivity index (χ3v) is 3.77. The van der Waals surface area contributed by atoms with Crippen molar-refractivity contribution in [1.82, 2.24) is 0 Å². The fraction of sp³-hybridized carbons (Fsp3) is 0.368. The van der Waals surface area contributed by atoms with E-state index in [1.165, 1.54) is 24.0 Å². The molecular weight excluding hydrogens is 260 g/mol. The van der Waals surface area contributed by atoms with Crippen LogP contribution in [0.3, 0.4) is 0 Å². The lowest BCUT2D eigenvalue weighted by Crippen LogP contribution is -1.98. The summed E-state index contributed by atoms with van der Waals surface area (Å²) in [6.45, 7) is 4.65. The Labute approximate surface area is 131 Å². The van der Waals surface area contributed by atoms with E-state index in [9.17, 15) is 0 Å². The van der Waals surface area contributed by atoms with Crippen molar-refractivity contribution in [3.05, 3.63) is 71.8 Å². The number of hydrogen-bond donors (Lipinski definition) is 0. The summed E-state index contributed by atoms with van der Waals surface area (Å²) in [6.07, 6.45) is 2.50. The van der Waals surface area contributed by atoms with Crippen molar-refractivity contribution in [2.75, 3.05) is 0 Å². The molecule has 2 atom stereocenters. The number of rotatable bonds is 5. The van der Waals surface area contributed by atoms with Gasteiger partial charge in [-0.3, -0.25) is 0 Å². The summed E-state index contributed by atoms with van der Waals surface area (Å²) in [7, 11) is 0. The van der Waals surface area contributed by atoms with Gasteiger partial charge in [0.2, 0.25) is 0 Å². The van der Waals surface area contributed by atoms with Crippen molar-refractivity contribution in [3.8, 4) is 0 Å². The van der Waals surface area contributed by atoms with Gasteiger partial charge in [0, 0.05) is 0 Å². The summed E-state index contributed by atoms with van der Waals surface area (Å²) >= 11 is 0. The van der Waals surface area contributed by atoms with Crippen LogP contribution < -0.4 is 0 Å². The largest absolute Gasteiger partial charge is 0.197 e. The van der Waals surface area contributed by atoms with Gasteiger partial charge in [-0.25, -0.2) is 0 Å². The zero-order valence-corrected chi connectivity index (χ0v) is 12.8. The smallest absolute Gasteiger partial charge is 0.0190 e. The molecule has 2 aromatic rings. The van der Waals surface area contributed by atoms with E-state index < -0.39 is 0 Å². The van der Waals surface area contributed by atoms with Gasteiger partial charge in [0.1, 0.15) is 0 Å². The molecule has 20 heavy (non-hydrogen) atoms. The first-order valence-electron chi connectivity index (χ1n) is 6.87. The first kappa shape index (κ1) is 18.8. The molecule has 0 aliphatic carbocycles. The van der Waals surface area contributed by atoms with Crippen LogP contribution >= 0.6 is 13.5 Å². The molecule has 0 heterocycles. The molecule has 0 aromatic heterocycles. The molecule has 0 N–H and O–H groups in total. The third kappa shape index (κ3) is 5.42. The van der Waals surface area contributed by atoms with E-state index in [0.29, 0.717) is 11.8 Å². The Morgan fingerprint density at radius 1 is 0.650 bits per heavy atom. The zero-order chi connectivity index (χ0) is 12.8. The molecule has 0 saturated carbocycles. The Balaban J connectivity index is 0.00000180. The normalized spacial score (nSPS) is 12.7. The Morgan fingerprint density at radius 3 is 1.25 bits per heavy atom. The van der Waals surface area contributed by atoms with E-state index in [1.807, 2.05) is 0 Å². The van der Waals surface area contributed by atoms with Crippen LogP contribution in [-0.4, -0.2) is 0 Å². The molecule has 2 aromatic carbocycles. The second kappa shape index (κ2) is 9.66. The molecule has 0 bridgehead atoms. The lowest BCUT2D eigenvalue weighted by Gasteiger charge is -2.16. The summed E-state index contributed by atoms with van der Waals surface area (Å²) in [5.41, 5.74) is 2.91. The van der Waals surface area contributed by atoms with Crippen molar-refractivity contribution < 1.29 is 0 Å². The van der Waals surface area contributed by atoms with Crippen LogP contribution in [0.25, 0.3) is 0 Å². The first-order valence-corrected chi connectivity index (χ1v) is 6.87. The van der Waals surface area contributed by atoms with Gasteiger partial charge in [0.25, 0.3) is 0 Å². The van der Waals surface area contributed by atoms with Gasteiger partial charge < -0.3 is 0 Å². The zero-order valence-electron chi connectivity index (χ0n) is 11.8. The SMILES string of the molecule is C.CC(CCC(C)c1ccccc1)c1ccccc1.S. The third-order valence-electron chi connectivity index (χ3n) is 3.77. The van der Waals surface area contributed by atoms with Gasteiger partial charge in [-0.05, 0) is 35.8 Å². The van der Waals surface area contributed by atoms with Crippen LogP contribution in [0.4, 0.5) is 0 Å². The van der Waals surface area contributed by atoms with Crippen LogP contribution in [0.5, 0.6) is 0 Å². The fourth-order valence-corrected chi connectivity index (χ4v) is 2.40. The highest BCUT2D eigenvalue weighted by Gasteiger charge is 2.09. The molecule has 0 amide bonds. The Morgan fingerprint density at radius 2 is 0.950 bits per heavy atom. The van der Waals surface area contributed by atoms with Crippen LogP contribution in [0.15, 0.2) is 60.7 Å². The highest BCUT2D eigenvalue weighted by molar-refractivity contribution is 7.59. The molecule has 2 unspecified atom stereocenters. The van der Waals surface area contributed by atoms with Crippen LogP contribution in [0, 0.1) is 0 Å². The van der Waals surface area contributed by atoms with Crippen LogP contribution in [-0.2, 0) is 0 Å². The highest BCUT2D eigenvalue weighted by atomic mass is 32.1. The van der Waals surface area contributed by atoms with E-state index in [2.05, 4.69) is 74.5 Å². The Kier molecular flexibility index (Phi) is 9.07. The predicted molar refractivity (Wildman–Crippen MR) is 96.1 cm³/mol. The van der Waals surface area contributed by atoms with Crippen LogP contribution in [0.1, 0.15) is 57.1 Å². The summed E-state index contributed by atoms with van der Waals surface area (Å²) in [4.78, 5) is 0. The number of hydrogen-bond acceptors (Lipinski definition) is 0. The maximum atomic E-state index is 2.33. The van der Waals surface area contributed by atoms with Gasteiger partial charge in [0.05, 0.1) is 0 Å².